The molecular weight excluding hydrogens is 466 g/mol. The molecule has 0 radical (unpaired) electrons. The van der Waals surface area contributed by atoms with Crippen LogP contribution < -0.4 is 4.74 Å². The number of carbonyl (C=O) groups excluding carboxylic acids is 2. The van der Waals surface area contributed by atoms with Gasteiger partial charge >= 0.3 is 6.09 Å². The topological polar surface area (TPSA) is 82.9 Å². The van der Waals surface area contributed by atoms with E-state index in [2.05, 4.69) is 6.07 Å². The van der Waals surface area contributed by atoms with Gasteiger partial charge in [0.15, 0.2) is 0 Å². The Hall–Kier alpha value is -4.31. The number of benzene rings is 3. The quantitative estimate of drug-likeness (QED) is 0.491. The van der Waals surface area contributed by atoms with Gasteiger partial charge in [0.2, 0.25) is 0 Å². The lowest BCUT2D eigenvalue weighted by Gasteiger charge is -2.48. The predicted octanol–water partition coefficient (Wildman–Crippen LogP) is 5.11. The lowest BCUT2D eigenvalue weighted by atomic mass is 9.70. The number of nitrogens with zero attached hydrogens (tertiary/aromatic N) is 3. The van der Waals surface area contributed by atoms with Gasteiger partial charge in [0, 0.05) is 25.9 Å². The SMILES string of the molecule is COc1ccccc1C(=O)N1CCC2(CC1)OC(=O)N(Cc1ccccc1C#N)C2(C)c1ccccc1. The molecule has 2 fully saturated rings. The van der Waals surface area contributed by atoms with Gasteiger partial charge in [0.25, 0.3) is 5.91 Å². The molecule has 1 atom stereocenters. The fourth-order valence-electron chi connectivity index (χ4n) is 5.74. The van der Waals surface area contributed by atoms with Gasteiger partial charge in [-0.05, 0) is 36.2 Å². The highest BCUT2D eigenvalue weighted by molar-refractivity contribution is 5.97. The van der Waals surface area contributed by atoms with E-state index in [0.717, 1.165) is 11.1 Å². The third kappa shape index (κ3) is 3.99. The van der Waals surface area contributed by atoms with Gasteiger partial charge in [-0.15, -0.1) is 0 Å². The number of carbonyl (C=O) groups is 2. The van der Waals surface area contributed by atoms with Gasteiger partial charge in [0.1, 0.15) is 16.9 Å². The van der Waals surface area contributed by atoms with E-state index in [1.807, 2.05) is 67.6 Å². The van der Waals surface area contributed by atoms with Crippen molar-refractivity contribution in [1.82, 2.24) is 9.80 Å². The molecule has 2 heterocycles. The van der Waals surface area contributed by atoms with E-state index in [1.54, 1.807) is 35.1 Å². The number of para-hydroxylation sites is 1. The smallest absolute Gasteiger partial charge is 0.411 e. The van der Waals surface area contributed by atoms with Gasteiger partial charge < -0.3 is 14.4 Å². The van der Waals surface area contributed by atoms with Crippen LogP contribution in [-0.2, 0) is 16.8 Å². The first-order chi connectivity index (χ1) is 17.9. The molecule has 1 spiro atoms. The van der Waals surface area contributed by atoms with E-state index in [9.17, 15) is 14.9 Å². The van der Waals surface area contributed by atoms with Crippen LogP contribution in [0, 0.1) is 11.3 Å². The standard InChI is InChI=1S/C30H29N3O4/c1-29(24-12-4-3-5-13-24)30(37-28(35)33(29)21-23-11-7-6-10-22(23)20-31)16-18-32(19-17-30)27(34)25-14-8-9-15-26(25)36-2/h3-15H,16-19,21H2,1-2H3. The molecule has 37 heavy (non-hydrogen) atoms. The minimum atomic E-state index is -0.829. The monoisotopic (exact) mass is 495 g/mol. The Bertz CT molecular complexity index is 1360. The average molecular weight is 496 g/mol. The maximum Gasteiger partial charge on any atom is 0.411 e. The molecule has 3 aromatic carbocycles. The number of ether oxygens (including phenoxy) is 2. The van der Waals surface area contributed by atoms with Crippen molar-refractivity contribution in [2.24, 2.45) is 0 Å². The molecule has 7 nitrogen and oxygen atoms in total. The second-order valence-electron chi connectivity index (χ2n) is 9.65. The number of amides is 2. The fourth-order valence-corrected chi connectivity index (χ4v) is 5.74. The molecule has 7 heteroatoms. The molecule has 2 aliphatic rings. The molecule has 0 aromatic heterocycles. The largest absolute Gasteiger partial charge is 0.496 e. The van der Waals surface area contributed by atoms with Gasteiger partial charge in [-0.3, -0.25) is 9.69 Å². The second kappa shape index (κ2) is 9.62. The molecule has 5 rings (SSSR count). The zero-order chi connectivity index (χ0) is 26.0. The van der Waals surface area contributed by atoms with Gasteiger partial charge in [0.05, 0.1) is 30.9 Å². The normalized spacial score (nSPS) is 20.4. The minimum absolute atomic E-state index is 0.0992. The first-order valence-electron chi connectivity index (χ1n) is 12.4. The third-order valence-electron chi connectivity index (χ3n) is 7.93. The summed E-state index contributed by atoms with van der Waals surface area (Å²) in [5, 5.41) is 9.63. The molecule has 0 bridgehead atoms. The summed E-state index contributed by atoms with van der Waals surface area (Å²) in [7, 11) is 1.56. The number of hydrogen-bond acceptors (Lipinski definition) is 5. The molecule has 1 unspecified atom stereocenters. The lowest BCUT2D eigenvalue weighted by molar-refractivity contribution is -0.0551. The Morgan fingerprint density at radius 2 is 1.65 bits per heavy atom. The maximum absolute atomic E-state index is 13.5. The second-order valence-corrected chi connectivity index (χ2v) is 9.65. The zero-order valence-corrected chi connectivity index (χ0v) is 21.0. The Morgan fingerprint density at radius 3 is 2.35 bits per heavy atom. The van der Waals surface area contributed by atoms with E-state index in [1.165, 1.54) is 0 Å². The van der Waals surface area contributed by atoms with E-state index in [0.29, 0.717) is 42.8 Å². The lowest BCUT2D eigenvalue weighted by Crippen LogP contribution is -2.58. The van der Waals surface area contributed by atoms with E-state index in [4.69, 9.17) is 9.47 Å². The van der Waals surface area contributed by atoms with Crippen LogP contribution in [0.2, 0.25) is 0 Å². The van der Waals surface area contributed by atoms with Gasteiger partial charge in [-0.25, -0.2) is 4.79 Å². The van der Waals surface area contributed by atoms with Crippen LogP contribution >= 0.6 is 0 Å². The molecule has 0 aliphatic carbocycles. The number of piperidine rings is 1. The number of hydrogen-bond donors (Lipinski definition) is 0. The zero-order valence-electron chi connectivity index (χ0n) is 21.0. The number of rotatable bonds is 5. The van der Waals surface area contributed by atoms with E-state index >= 15 is 0 Å². The van der Waals surface area contributed by atoms with Crippen molar-refractivity contribution >= 4 is 12.0 Å². The number of likely N-dealkylation sites (tertiary alicyclic amines) is 1. The van der Waals surface area contributed by atoms with Gasteiger partial charge in [-0.1, -0.05) is 60.7 Å². The van der Waals surface area contributed by atoms with E-state index in [-0.39, 0.29) is 12.5 Å². The number of nitriles is 1. The summed E-state index contributed by atoms with van der Waals surface area (Å²) in [4.78, 5) is 30.4. The summed E-state index contributed by atoms with van der Waals surface area (Å²) in [6.07, 6.45) is 0.562. The molecular formula is C30H29N3O4. The van der Waals surface area contributed by atoms with Crippen molar-refractivity contribution in [3.8, 4) is 11.8 Å². The Labute approximate surface area is 216 Å². The summed E-state index contributed by atoms with van der Waals surface area (Å²) < 4.78 is 11.6. The fraction of sp³-hybridized carbons (Fsp3) is 0.300. The van der Waals surface area contributed by atoms with Crippen LogP contribution in [0.25, 0.3) is 0 Å². The van der Waals surface area contributed by atoms with Crippen molar-refractivity contribution in [1.29, 1.82) is 5.26 Å². The van der Waals surface area contributed by atoms with Gasteiger partial charge in [-0.2, -0.15) is 5.26 Å². The van der Waals surface area contributed by atoms with Crippen LogP contribution in [0.15, 0.2) is 78.9 Å². The van der Waals surface area contributed by atoms with Crippen LogP contribution in [0.4, 0.5) is 4.79 Å². The van der Waals surface area contributed by atoms with Crippen molar-refractivity contribution in [3.63, 3.8) is 0 Å². The van der Waals surface area contributed by atoms with Crippen LogP contribution in [-0.4, -0.2) is 47.6 Å². The van der Waals surface area contributed by atoms with E-state index < -0.39 is 17.2 Å². The average Bonchev–Trinajstić information content (AvgIpc) is 3.15. The third-order valence-corrected chi connectivity index (χ3v) is 7.93. The molecule has 2 amide bonds. The maximum atomic E-state index is 13.5. The summed E-state index contributed by atoms with van der Waals surface area (Å²) >= 11 is 0. The summed E-state index contributed by atoms with van der Waals surface area (Å²) in [6.45, 7) is 3.17. The molecule has 2 saturated heterocycles. The highest BCUT2D eigenvalue weighted by Crippen LogP contribution is 2.52. The summed E-state index contributed by atoms with van der Waals surface area (Å²) in [6, 6.07) is 26.6. The Morgan fingerprint density at radius 1 is 1.00 bits per heavy atom. The Kier molecular flexibility index (Phi) is 6.34. The molecule has 2 aliphatic heterocycles. The summed E-state index contributed by atoms with van der Waals surface area (Å²) in [5.74, 6) is 0.439. The summed E-state index contributed by atoms with van der Waals surface area (Å²) in [5.41, 5.74) is 1.15. The van der Waals surface area contributed by atoms with Crippen molar-refractivity contribution in [2.75, 3.05) is 20.2 Å². The highest BCUT2D eigenvalue weighted by Gasteiger charge is 2.63. The molecule has 188 valence electrons. The predicted molar refractivity (Wildman–Crippen MR) is 138 cm³/mol. The highest BCUT2D eigenvalue weighted by atomic mass is 16.6. The molecule has 3 aromatic rings. The first-order valence-corrected chi connectivity index (χ1v) is 12.4. The number of methoxy groups -OCH3 is 1. The van der Waals surface area contributed by atoms with Crippen LogP contribution in [0.1, 0.15) is 46.8 Å². The first kappa shape index (κ1) is 24.4. The molecule has 0 N–H and O–H groups in total. The van der Waals surface area contributed by atoms with Crippen molar-refractivity contribution in [2.45, 2.75) is 37.5 Å². The van der Waals surface area contributed by atoms with Crippen LogP contribution in [0.5, 0.6) is 5.75 Å². The van der Waals surface area contributed by atoms with Crippen LogP contribution in [0.3, 0.4) is 0 Å². The molecule has 0 saturated carbocycles. The minimum Gasteiger partial charge on any atom is -0.496 e. The Balaban J connectivity index is 1.48. The van der Waals surface area contributed by atoms with Crippen molar-refractivity contribution in [3.05, 3.63) is 101 Å². The van der Waals surface area contributed by atoms with Crippen molar-refractivity contribution < 1.29 is 19.1 Å².